The Kier molecular flexibility index (Phi) is 3.11. The lowest BCUT2D eigenvalue weighted by molar-refractivity contribution is 0.0600. The smallest absolute Gasteiger partial charge is 0.337 e. The van der Waals surface area contributed by atoms with Gasteiger partial charge in [-0.1, -0.05) is 12.1 Å². The molecule has 0 unspecified atom stereocenters. The van der Waals surface area contributed by atoms with Gasteiger partial charge in [-0.2, -0.15) is 5.26 Å². The molecular weight excluding hydrogens is 190 g/mol. The molecule has 0 aromatic heterocycles. The molecule has 0 atom stereocenters. The van der Waals surface area contributed by atoms with Crippen molar-refractivity contribution in [3.05, 3.63) is 35.4 Å². The molecule has 78 valence electrons. The molecule has 1 aromatic carbocycles. The van der Waals surface area contributed by atoms with Crippen LogP contribution >= 0.6 is 0 Å². The highest BCUT2D eigenvalue weighted by molar-refractivity contribution is 5.89. The lowest BCUT2D eigenvalue weighted by atomic mass is 9.86. The third kappa shape index (κ3) is 2.35. The Labute approximate surface area is 89.3 Å². The maximum Gasteiger partial charge on any atom is 0.337 e. The van der Waals surface area contributed by atoms with Crippen LogP contribution in [0.3, 0.4) is 0 Å². The van der Waals surface area contributed by atoms with Crippen LogP contribution in [0.2, 0.25) is 0 Å². The van der Waals surface area contributed by atoms with Crippen molar-refractivity contribution < 1.29 is 9.53 Å². The van der Waals surface area contributed by atoms with Gasteiger partial charge in [-0.3, -0.25) is 0 Å². The second-order valence-electron chi connectivity index (χ2n) is 3.81. The molecule has 1 aromatic rings. The quantitative estimate of drug-likeness (QED) is 0.693. The third-order valence-corrected chi connectivity index (χ3v) is 2.31. The van der Waals surface area contributed by atoms with Crippen LogP contribution in [0.1, 0.15) is 29.8 Å². The summed E-state index contributed by atoms with van der Waals surface area (Å²) in [6.45, 7) is 3.67. The van der Waals surface area contributed by atoms with Crippen molar-refractivity contribution in [2.75, 3.05) is 7.11 Å². The van der Waals surface area contributed by atoms with Gasteiger partial charge in [0.25, 0.3) is 0 Å². The summed E-state index contributed by atoms with van der Waals surface area (Å²) in [5.74, 6) is -0.365. The van der Waals surface area contributed by atoms with Crippen molar-refractivity contribution in [1.29, 1.82) is 5.26 Å². The molecule has 0 fully saturated rings. The number of hydrogen-bond acceptors (Lipinski definition) is 3. The number of methoxy groups -OCH3 is 1. The zero-order chi connectivity index (χ0) is 11.5. The van der Waals surface area contributed by atoms with Gasteiger partial charge >= 0.3 is 5.97 Å². The van der Waals surface area contributed by atoms with Crippen molar-refractivity contribution in [2.24, 2.45) is 0 Å². The summed E-state index contributed by atoms with van der Waals surface area (Å²) in [5.41, 5.74) is 0.849. The van der Waals surface area contributed by atoms with Gasteiger partial charge in [0.05, 0.1) is 24.2 Å². The molecule has 0 N–H and O–H groups in total. The van der Waals surface area contributed by atoms with Crippen molar-refractivity contribution >= 4 is 5.97 Å². The second kappa shape index (κ2) is 4.14. The van der Waals surface area contributed by atoms with Crippen LogP contribution < -0.4 is 0 Å². The molecule has 0 heterocycles. The highest BCUT2D eigenvalue weighted by Gasteiger charge is 2.19. The van der Waals surface area contributed by atoms with Crippen LogP contribution in [0, 0.1) is 11.3 Å². The summed E-state index contributed by atoms with van der Waals surface area (Å²) in [5, 5.41) is 8.93. The molecular formula is C12H13NO2. The van der Waals surface area contributed by atoms with E-state index in [4.69, 9.17) is 5.26 Å². The lowest BCUT2D eigenvalue weighted by Gasteiger charge is -2.15. The van der Waals surface area contributed by atoms with E-state index in [1.165, 1.54) is 7.11 Å². The minimum Gasteiger partial charge on any atom is -0.465 e. The topological polar surface area (TPSA) is 50.1 Å². The first-order chi connectivity index (χ1) is 7.01. The van der Waals surface area contributed by atoms with Crippen molar-refractivity contribution in [2.45, 2.75) is 19.3 Å². The van der Waals surface area contributed by atoms with Gasteiger partial charge in [0.2, 0.25) is 0 Å². The van der Waals surface area contributed by atoms with Gasteiger partial charge in [0.15, 0.2) is 0 Å². The fraction of sp³-hybridized carbons (Fsp3) is 0.333. The molecule has 0 saturated carbocycles. The molecule has 0 saturated heterocycles. The summed E-state index contributed by atoms with van der Waals surface area (Å²) in [6, 6.07) is 9.08. The minimum atomic E-state index is -0.533. The Hall–Kier alpha value is -1.82. The molecule has 0 spiro atoms. The first-order valence-corrected chi connectivity index (χ1v) is 4.61. The zero-order valence-corrected chi connectivity index (χ0v) is 9.07. The monoisotopic (exact) mass is 203 g/mol. The Bertz CT molecular complexity index is 399. The maximum absolute atomic E-state index is 11.2. The van der Waals surface area contributed by atoms with Crippen molar-refractivity contribution in [3.63, 3.8) is 0 Å². The van der Waals surface area contributed by atoms with Crippen LogP contribution in [-0.4, -0.2) is 13.1 Å². The van der Waals surface area contributed by atoms with Gasteiger partial charge in [-0.15, -0.1) is 0 Å². The van der Waals surface area contributed by atoms with Crippen LogP contribution in [0.15, 0.2) is 24.3 Å². The van der Waals surface area contributed by atoms with E-state index in [9.17, 15) is 4.79 Å². The average Bonchev–Trinajstić information content (AvgIpc) is 2.28. The molecule has 0 aliphatic rings. The summed E-state index contributed by atoms with van der Waals surface area (Å²) in [6.07, 6.45) is 0. The van der Waals surface area contributed by atoms with Crippen molar-refractivity contribution in [3.8, 4) is 6.07 Å². The van der Waals surface area contributed by atoms with E-state index < -0.39 is 5.41 Å². The number of rotatable bonds is 2. The highest BCUT2D eigenvalue weighted by Crippen LogP contribution is 2.22. The fourth-order valence-corrected chi connectivity index (χ4v) is 1.21. The molecule has 3 nitrogen and oxygen atoms in total. The lowest BCUT2D eigenvalue weighted by Crippen LogP contribution is -2.14. The molecule has 0 aliphatic heterocycles. The maximum atomic E-state index is 11.2. The Morgan fingerprint density at radius 1 is 1.33 bits per heavy atom. The molecule has 1 rings (SSSR count). The number of carbonyl (C=O) groups is 1. The summed E-state index contributed by atoms with van der Waals surface area (Å²) in [4.78, 5) is 11.2. The Morgan fingerprint density at radius 2 is 1.87 bits per heavy atom. The van der Waals surface area contributed by atoms with Crippen LogP contribution in [-0.2, 0) is 10.2 Å². The van der Waals surface area contributed by atoms with Gasteiger partial charge in [-0.25, -0.2) is 4.79 Å². The van der Waals surface area contributed by atoms with E-state index in [0.717, 1.165) is 5.56 Å². The zero-order valence-electron chi connectivity index (χ0n) is 9.07. The Balaban J connectivity index is 3.01. The van der Waals surface area contributed by atoms with Crippen LogP contribution in [0.25, 0.3) is 0 Å². The largest absolute Gasteiger partial charge is 0.465 e. The minimum absolute atomic E-state index is 0.365. The predicted octanol–water partition coefficient (Wildman–Crippen LogP) is 2.27. The summed E-state index contributed by atoms with van der Waals surface area (Å²) in [7, 11) is 1.34. The van der Waals surface area contributed by atoms with E-state index >= 15 is 0 Å². The molecule has 0 amide bonds. The van der Waals surface area contributed by atoms with Gasteiger partial charge in [0, 0.05) is 0 Å². The first-order valence-electron chi connectivity index (χ1n) is 4.61. The number of hydrogen-bond donors (Lipinski definition) is 0. The number of carbonyl (C=O) groups excluding carboxylic acids is 1. The first kappa shape index (κ1) is 11.3. The van der Waals surface area contributed by atoms with Crippen molar-refractivity contribution in [1.82, 2.24) is 0 Å². The number of ether oxygens (including phenoxy) is 1. The van der Waals surface area contributed by atoms with E-state index in [0.29, 0.717) is 5.56 Å². The third-order valence-electron chi connectivity index (χ3n) is 2.31. The van der Waals surface area contributed by atoms with Gasteiger partial charge < -0.3 is 4.74 Å². The number of nitrogens with zero attached hydrogens (tertiary/aromatic N) is 1. The standard InChI is InChI=1S/C12H13NO2/c1-12(2,8-13)10-6-4-9(5-7-10)11(14)15-3/h4-7H,1-3H3. The Morgan fingerprint density at radius 3 is 2.27 bits per heavy atom. The SMILES string of the molecule is COC(=O)c1ccc(C(C)(C)C#N)cc1. The van der Waals surface area contributed by atoms with E-state index in [2.05, 4.69) is 10.8 Å². The predicted molar refractivity (Wildman–Crippen MR) is 56.4 cm³/mol. The molecule has 15 heavy (non-hydrogen) atoms. The fourth-order valence-electron chi connectivity index (χ4n) is 1.21. The molecule has 0 bridgehead atoms. The molecule has 0 aliphatic carbocycles. The summed E-state index contributed by atoms with van der Waals surface area (Å²) >= 11 is 0. The van der Waals surface area contributed by atoms with Crippen LogP contribution in [0.5, 0.6) is 0 Å². The molecule has 0 radical (unpaired) electrons. The number of nitriles is 1. The highest BCUT2D eigenvalue weighted by atomic mass is 16.5. The number of benzene rings is 1. The van der Waals surface area contributed by atoms with Crippen LogP contribution in [0.4, 0.5) is 0 Å². The van der Waals surface area contributed by atoms with E-state index in [-0.39, 0.29) is 5.97 Å². The van der Waals surface area contributed by atoms with E-state index in [1.807, 2.05) is 13.8 Å². The average molecular weight is 203 g/mol. The van der Waals surface area contributed by atoms with Gasteiger partial charge in [0.1, 0.15) is 0 Å². The molecule has 3 heteroatoms. The normalized spacial score (nSPS) is 10.5. The summed E-state index contributed by atoms with van der Waals surface area (Å²) < 4.78 is 4.58. The number of esters is 1. The van der Waals surface area contributed by atoms with Gasteiger partial charge in [-0.05, 0) is 31.5 Å². The van der Waals surface area contributed by atoms with E-state index in [1.54, 1.807) is 24.3 Å². The second-order valence-corrected chi connectivity index (χ2v) is 3.81.